The van der Waals surface area contributed by atoms with Crippen molar-refractivity contribution in [3.63, 3.8) is 0 Å². The number of hydrogen-bond donors (Lipinski definition) is 1. The van der Waals surface area contributed by atoms with Crippen LogP contribution < -0.4 is 10.1 Å². The predicted octanol–water partition coefficient (Wildman–Crippen LogP) is 4.74. The van der Waals surface area contributed by atoms with E-state index in [2.05, 4.69) is 10.3 Å². The first-order valence-electron chi connectivity index (χ1n) is 8.43. The highest BCUT2D eigenvalue weighted by Gasteiger charge is 2.06. The van der Waals surface area contributed by atoms with Gasteiger partial charge in [0.25, 0.3) is 5.69 Å². The summed E-state index contributed by atoms with van der Waals surface area (Å²) in [6.07, 6.45) is 6.25. The first-order valence-corrected chi connectivity index (χ1v) is 8.43. The minimum Gasteiger partial charge on any atom is -0.455 e. The van der Waals surface area contributed by atoms with Crippen LogP contribution in [0.4, 0.5) is 11.4 Å². The van der Waals surface area contributed by atoms with E-state index in [1.165, 1.54) is 18.2 Å². The van der Waals surface area contributed by atoms with E-state index in [0.717, 1.165) is 5.56 Å². The van der Waals surface area contributed by atoms with Gasteiger partial charge in [-0.2, -0.15) is 0 Å². The van der Waals surface area contributed by atoms with Gasteiger partial charge in [-0.05, 0) is 66.6 Å². The standard InChI is InChI=1S/C21H17N3O4/c1-15-13-17(7-10-20(15)28-19-3-2-12-22-14-19)23-21(25)11-6-16-4-8-18(9-5-16)24(26)27/h2-14H,1H3,(H,23,25). The molecule has 0 atom stereocenters. The highest BCUT2D eigenvalue weighted by molar-refractivity contribution is 6.02. The summed E-state index contributed by atoms with van der Waals surface area (Å²) < 4.78 is 5.76. The maximum absolute atomic E-state index is 12.1. The molecule has 0 aliphatic rings. The van der Waals surface area contributed by atoms with Crippen molar-refractivity contribution in [1.29, 1.82) is 0 Å². The number of carbonyl (C=O) groups is 1. The highest BCUT2D eigenvalue weighted by Crippen LogP contribution is 2.26. The molecule has 0 unspecified atom stereocenters. The van der Waals surface area contributed by atoms with Gasteiger partial charge in [-0.15, -0.1) is 0 Å². The number of nitro benzene ring substituents is 1. The van der Waals surface area contributed by atoms with Crippen LogP contribution in [0, 0.1) is 17.0 Å². The number of amides is 1. The molecule has 3 aromatic rings. The number of non-ortho nitro benzene ring substituents is 1. The second kappa shape index (κ2) is 8.59. The molecular weight excluding hydrogens is 358 g/mol. The first-order chi connectivity index (χ1) is 13.5. The minimum atomic E-state index is -0.468. The molecule has 1 heterocycles. The SMILES string of the molecule is Cc1cc(NC(=O)C=Cc2ccc([N+](=O)[O-])cc2)ccc1Oc1cccnc1. The topological polar surface area (TPSA) is 94.4 Å². The average molecular weight is 375 g/mol. The van der Waals surface area contributed by atoms with E-state index in [9.17, 15) is 14.9 Å². The van der Waals surface area contributed by atoms with Gasteiger partial charge in [0.1, 0.15) is 11.5 Å². The fraction of sp³-hybridized carbons (Fsp3) is 0.0476. The number of rotatable bonds is 6. The lowest BCUT2D eigenvalue weighted by Gasteiger charge is -2.10. The number of aromatic nitrogens is 1. The maximum atomic E-state index is 12.1. The molecule has 28 heavy (non-hydrogen) atoms. The molecule has 0 radical (unpaired) electrons. The Balaban J connectivity index is 1.62. The van der Waals surface area contributed by atoms with Crippen molar-refractivity contribution in [3.8, 4) is 11.5 Å². The maximum Gasteiger partial charge on any atom is 0.269 e. The fourth-order valence-corrected chi connectivity index (χ4v) is 2.44. The Morgan fingerprint density at radius 3 is 2.61 bits per heavy atom. The van der Waals surface area contributed by atoms with Crippen molar-refractivity contribution in [2.75, 3.05) is 5.32 Å². The molecule has 0 fully saturated rings. The van der Waals surface area contributed by atoms with Crippen LogP contribution in [0.2, 0.25) is 0 Å². The number of aryl methyl sites for hydroxylation is 1. The zero-order valence-corrected chi connectivity index (χ0v) is 15.0. The summed E-state index contributed by atoms with van der Waals surface area (Å²) in [5, 5.41) is 13.4. The van der Waals surface area contributed by atoms with E-state index in [1.54, 1.807) is 48.8 Å². The summed E-state index contributed by atoms with van der Waals surface area (Å²) in [7, 11) is 0. The Labute approximate surface area is 161 Å². The molecule has 3 rings (SSSR count). The van der Waals surface area contributed by atoms with Crippen LogP contribution in [-0.4, -0.2) is 15.8 Å². The fourth-order valence-electron chi connectivity index (χ4n) is 2.44. The van der Waals surface area contributed by atoms with Crippen molar-refractivity contribution < 1.29 is 14.5 Å². The van der Waals surface area contributed by atoms with Gasteiger partial charge >= 0.3 is 0 Å². The molecule has 0 saturated heterocycles. The van der Waals surface area contributed by atoms with E-state index < -0.39 is 4.92 Å². The van der Waals surface area contributed by atoms with Crippen molar-refractivity contribution in [1.82, 2.24) is 4.98 Å². The summed E-state index contributed by atoms with van der Waals surface area (Å²) in [5.41, 5.74) is 2.19. The quantitative estimate of drug-likeness (QED) is 0.381. The Bertz CT molecular complexity index is 1020. The van der Waals surface area contributed by atoms with E-state index in [1.807, 2.05) is 19.1 Å². The van der Waals surface area contributed by atoms with Crippen LogP contribution in [0.15, 0.2) is 73.1 Å². The predicted molar refractivity (Wildman–Crippen MR) is 106 cm³/mol. The van der Waals surface area contributed by atoms with Crippen molar-refractivity contribution in [2.24, 2.45) is 0 Å². The van der Waals surface area contributed by atoms with Gasteiger partial charge in [0.15, 0.2) is 0 Å². The van der Waals surface area contributed by atoms with Crippen LogP contribution in [0.3, 0.4) is 0 Å². The van der Waals surface area contributed by atoms with Crippen molar-refractivity contribution >= 4 is 23.4 Å². The van der Waals surface area contributed by atoms with Crippen LogP contribution in [0.5, 0.6) is 11.5 Å². The smallest absolute Gasteiger partial charge is 0.269 e. The Morgan fingerprint density at radius 2 is 1.96 bits per heavy atom. The van der Waals surface area contributed by atoms with Gasteiger partial charge in [0.05, 0.1) is 11.1 Å². The van der Waals surface area contributed by atoms with E-state index >= 15 is 0 Å². The molecule has 7 nitrogen and oxygen atoms in total. The molecule has 0 aliphatic heterocycles. The van der Waals surface area contributed by atoms with E-state index in [4.69, 9.17) is 4.74 Å². The number of nitrogens with zero attached hydrogens (tertiary/aromatic N) is 2. The third-order valence-corrected chi connectivity index (χ3v) is 3.84. The summed E-state index contributed by atoms with van der Waals surface area (Å²) >= 11 is 0. The molecule has 1 aromatic heterocycles. The Kier molecular flexibility index (Phi) is 5.76. The molecular formula is C21H17N3O4. The molecule has 0 spiro atoms. The second-order valence-corrected chi connectivity index (χ2v) is 5.94. The molecule has 1 amide bonds. The van der Waals surface area contributed by atoms with Crippen LogP contribution >= 0.6 is 0 Å². The molecule has 0 bridgehead atoms. The van der Waals surface area contributed by atoms with Crippen LogP contribution in [0.25, 0.3) is 6.08 Å². The number of nitrogens with one attached hydrogen (secondary N) is 1. The summed E-state index contributed by atoms with van der Waals surface area (Å²) in [6, 6.07) is 14.9. The van der Waals surface area contributed by atoms with Gasteiger partial charge in [0.2, 0.25) is 5.91 Å². The first kappa shape index (κ1) is 18.8. The number of ether oxygens (including phenoxy) is 1. The molecule has 2 aromatic carbocycles. The number of anilines is 1. The summed E-state index contributed by atoms with van der Waals surface area (Å²) in [5.74, 6) is 1.000. The Morgan fingerprint density at radius 1 is 1.18 bits per heavy atom. The number of carbonyl (C=O) groups excluding carboxylic acids is 1. The van der Waals surface area contributed by atoms with Gasteiger partial charge in [-0.25, -0.2) is 0 Å². The number of hydrogen-bond acceptors (Lipinski definition) is 5. The lowest BCUT2D eigenvalue weighted by atomic mass is 10.2. The van der Waals surface area contributed by atoms with E-state index in [0.29, 0.717) is 22.7 Å². The number of nitro groups is 1. The second-order valence-electron chi connectivity index (χ2n) is 5.94. The molecule has 7 heteroatoms. The average Bonchev–Trinajstić information content (AvgIpc) is 2.69. The largest absolute Gasteiger partial charge is 0.455 e. The number of pyridine rings is 1. The van der Waals surface area contributed by atoms with Crippen LogP contribution in [-0.2, 0) is 4.79 Å². The van der Waals surface area contributed by atoms with Gasteiger partial charge < -0.3 is 10.1 Å². The zero-order chi connectivity index (χ0) is 19.9. The molecule has 140 valence electrons. The van der Waals surface area contributed by atoms with Gasteiger partial charge in [-0.3, -0.25) is 19.9 Å². The Hall–Kier alpha value is -4.00. The van der Waals surface area contributed by atoms with Crippen molar-refractivity contribution in [3.05, 3.63) is 94.3 Å². The third-order valence-electron chi connectivity index (χ3n) is 3.84. The van der Waals surface area contributed by atoms with E-state index in [-0.39, 0.29) is 11.6 Å². The third kappa shape index (κ3) is 5.01. The minimum absolute atomic E-state index is 0.00525. The van der Waals surface area contributed by atoms with Gasteiger partial charge in [0, 0.05) is 30.1 Å². The molecule has 0 aliphatic carbocycles. The highest BCUT2D eigenvalue weighted by atomic mass is 16.6. The van der Waals surface area contributed by atoms with Gasteiger partial charge in [-0.1, -0.05) is 0 Å². The zero-order valence-electron chi connectivity index (χ0n) is 15.0. The lowest BCUT2D eigenvalue weighted by molar-refractivity contribution is -0.384. The summed E-state index contributed by atoms with van der Waals surface area (Å²) in [4.78, 5) is 26.3. The normalized spacial score (nSPS) is 10.6. The molecule has 0 saturated carbocycles. The monoisotopic (exact) mass is 375 g/mol. The number of benzene rings is 2. The summed E-state index contributed by atoms with van der Waals surface area (Å²) in [6.45, 7) is 1.88. The lowest BCUT2D eigenvalue weighted by Crippen LogP contribution is -2.07. The van der Waals surface area contributed by atoms with Crippen molar-refractivity contribution in [2.45, 2.75) is 6.92 Å². The van der Waals surface area contributed by atoms with Crippen LogP contribution in [0.1, 0.15) is 11.1 Å². The molecule has 1 N–H and O–H groups in total.